The minimum absolute atomic E-state index is 0.167. The van der Waals surface area contributed by atoms with Gasteiger partial charge < -0.3 is 23.7 Å². The molecule has 0 bridgehead atoms. The molecular formula is C26H32O5. The molecule has 0 aliphatic carbocycles. The van der Waals surface area contributed by atoms with Crippen molar-refractivity contribution in [3.05, 3.63) is 84.4 Å². The van der Waals surface area contributed by atoms with Crippen LogP contribution in [0.3, 0.4) is 0 Å². The highest BCUT2D eigenvalue weighted by Gasteiger charge is 2.57. The third-order valence-electron chi connectivity index (χ3n) is 5.64. The number of fused-ring (bicyclic) bond motifs is 1. The van der Waals surface area contributed by atoms with Crippen molar-refractivity contribution in [1.82, 2.24) is 0 Å². The van der Waals surface area contributed by atoms with Gasteiger partial charge in [-0.05, 0) is 37.8 Å². The third kappa shape index (κ3) is 5.62. The predicted molar refractivity (Wildman–Crippen MR) is 118 cm³/mol. The second kappa shape index (κ2) is 10.1. The van der Waals surface area contributed by atoms with Crippen molar-refractivity contribution in [2.75, 3.05) is 0 Å². The highest BCUT2D eigenvalue weighted by atomic mass is 16.8. The molecule has 2 aliphatic heterocycles. The summed E-state index contributed by atoms with van der Waals surface area (Å²) in [5, 5.41) is 0. The maximum atomic E-state index is 6.39. The van der Waals surface area contributed by atoms with Gasteiger partial charge in [0.2, 0.25) is 0 Å². The maximum Gasteiger partial charge on any atom is 0.190 e. The Morgan fingerprint density at radius 3 is 2.26 bits per heavy atom. The van der Waals surface area contributed by atoms with Crippen LogP contribution in [-0.4, -0.2) is 36.5 Å². The Hall–Kier alpha value is -2.02. The van der Waals surface area contributed by atoms with E-state index in [1.807, 2.05) is 56.3 Å². The molecule has 2 aromatic carbocycles. The van der Waals surface area contributed by atoms with Crippen LogP contribution in [0.5, 0.6) is 0 Å². The van der Waals surface area contributed by atoms with Gasteiger partial charge in [0.15, 0.2) is 12.1 Å². The summed E-state index contributed by atoms with van der Waals surface area (Å²) in [6.07, 6.45) is 2.01. The average molecular weight is 425 g/mol. The summed E-state index contributed by atoms with van der Waals surface area (Å²) in [5.74, 6) is -0.698. The molecule has 4 rings (SSSR count). The fraction of sp³-hybridized carbons (Fsp3) is 0.462. The molecular weight excluding hydrogens is 392 g/mol. The van der Waals surface area contributed by atoms with Gasteiger partial charge in [-0.2, -0.15) is 0 Å². The fourth-order valence-electron chi connectivity index (χ4n) is 4.16. The van der Waals surface area contributed by atoms with E-state index < -0.39 is 12.1 Å². The van der Waals surface area contributed by atoms with Crippen LogP contribution < -0.4 is 0 Å². The summed E-state index contributed by atoms with van der Waals surface area (Å²) < 4.78 is 31.2. The topological polar surface area (TPSA) is 46.2 Å². The van der Waals surface area contributed by atoms with Gasteiger partial charge in [0, 0.05) is 0 Å². The second-order valence-corrected chi connectivity index (χ2v) is 8.53. The van der Waals surface area contributed by atoms with Crippen LogP contribution >= 0.6 is 0 Å². The first kappa shape index (κ1) is 22.2. The van der Waals surface area contributed by atoms with Gasteiger partial charge in [-0.3, -0.25) is 0 Å². The lowest BCUT2D eigenvalue weighted by Crippen LogP contribution is -2.43. The van der Waals surface area contributed by atoms with Crippen molar-refractivity contribution in [3.8, 4) is 0 Å². The largest absolute Gasteiger partial charge is 0.371 e. The molecule has 0 spiro atoms. The molecule has 0 aromatic heterocycles. The van der Waals surface area contributed by atoms with Crippen LogP contribution in [0.1, 0.15) is 37.8 Å². The summed E-state index contributed by atoms with van der Waals surface area (Å²) >= 11 is 0. The van der Waals surface area contributed by atoms with Crippen molar-refractivity contribution < 1.29 is 23.7 Å². The Kier molecular flexibility index (Phi) is 7.20. The molecule has 0 saturated carbocycles. The van der Waals surface area contributed by atoms with E-state index in [-0.39, 0.29) is 24.4 Å². The number of ether oxygens (including phenoxy) is 5. The van der Waals surface area contributed by atoms with Crippen LogP contribution in [0.25, 0.3) is 0 Å². The van der Waals surface area contributed by atoms with Gasteiger partial charge in [0.25, 0.3) is 0 Å². The number of allylic oxidation sites excluding steroid dienone is 1. The van der Waals surface area contributed by atoms with Crippen molar-refractivity contribution >= 4 is 0 Å². The zero-order valence-corrected chi connectivity index (χ0v) is 18.3. The summed E-state index contributed by atoms with van der Waals surface area (Å²) in [6, 6.07) is 20.3. The van der Waals surface area contributed by atoms with Gasteiger partial charge in [-0.25, -0.2) is 0 Å². The van der Waals surface area contributed by atoms with E-state index in [0.29, 0.717) is 13.2 Å². The first-order valence-corrected chi connectivity index (χ1v) is 11.0. The molecule has 2 saturated heterocycles. The SMILES string of the molecule is C=CCC[C@H](OCc1ccccc1)[C@H]1O[C@@H]2OC(C)(C)O[C@@H]2[C@@H]1OCc1ccccc1. The van der Waals surface area contributed by atoms with E-state index in [1.165, 1.54) is 0 Å². The van der Waals surface area contributed by atoms with E-state index in [0.717, 1.165) is 24.0 Å². The summed E-state index contributed by atoms with van der Waals surface area (Å²) in [4.78, 5) is 0. The van der Waals surface area contributed by atoms with E-state index in [2.05, 4.69) is 30.8 Å². The van der Waals surface area contributed by atoms with E-state index in [9.17, 15) is 0 Å². The molecule has 2 aliphatic rings. The minimum atomic E-state index is -0.698. The molecule has 2 heterocycles. The monoisotopic (exact) mass is 424 g/mol. The first-order valence-electron chi connectivity index (χ1n) is 11.0. The van der Waals surface area contributed by atoms with E-state index in [1.54, 1.807) is 0 Å². The number of hydrogen-bond donors (Lipinski definition) is 0. The Morgan fingerprint density at radius 2 is 1.61 bits per heavy atom. The predicted octanol–water partition coefficient (Wildman–Crippen LogP) is 5.00. The van der Waals surface area contributed by atoms with Crippen molar-refractivity contribution in [3.63, 3.8) is 0 Å². The Balaban J connectivity index is 1.50. The van der Waals surface area contributed by atoms with Gasteiger partial charge in [-0.1, -0.05) is 66.7 Å². The highest BCUT2D eigenvalue weighted by molar-refractivity contribution is 5.14. The molecule has 166 valence electrons. The molecule has 5 atom stereocenters. The quantitative estimate of drug-likeness (QED) is 0.502. The van der Waals surface area contributed by atoms with Gasteiger partial charge >= 0.3 is 0 Å². The number of rotatable bonds is 10. The van der Waals surface area contributed by atoms with Crippen LogP contribution in [0.15, 0.2) is 73.3 Å². The van der Waals surface area contributed by atoms with Crippen molar-refractivity contribution in [2.24, 2.45) is 0 Å². The second-order valence-electron chi connectivity index (χ2n) is 8.53. The van der Waals surface area contributed by atoms with Crippen molar-refractivity contribution in [2.45, 2.75) is 76.4 Å². The number of hydrogen-bond acceptors (Lipinski definition) is 5. The van der Waals surface area contributed by atoms with E-state index >= 15 is 0 Å². The molecule has 5 nitrogen and oxygen atoms in total. The molecule has 0 radical (unpaired) electrons. The number of benzene rings is 2. The van der Waals surface area contributed by atoms with Gasteiger partial charge in [-0.15, -0.1) is 6.58 Å². The highest BCUT2D eigenvalue weighted by Crippen LogP contribution is 2.41. The average Bonchev–Trinajstić information content (AvgIpc) is 3.25. The molecule has 31 heavy (non-hydrogen) atoms. The molecule has 0 N–H and O–H groups in total. The smallest absolute Gasteiger partial charge is 0.190 e. The molecule has 2 fully saturated rings. The van der Waals surface area contributed by atoms with Crippen LogP contribution in [-0.2, 0) is 36.9 Å². The zero-order valence-electron chi connectivity index (χ0n) is 18.3. The lowest BCUT2D eigenvalue weighted by molar-refractivity contribution is -0.235. The lowest BCUT2D eigenvalue weighted by atomic mass is 10.0. The normalized spacial score (nSPS) is 27.7. The Labute approximate surface area is 184 Å². The zero-order chi connectivity index (χ0) is 21.7. The summed E-state index contributed by atoms with van der Waals surface area (Å²) in [6.45, 7) is 8.66. The fourth-order valence-corrected chi connectivity index (χ4v) is 4.16. The minimum Gasteiger partial charge on any atom is -0.371 e. The first-order chi connectivity index (χ1) is 15.1. The lowest BCUT2D eigenvalue weighted by Gasteiger charge is -2.31. The van der Waals surface area contributed by atoms with Gasteiger partial charge in [0.05, 0.1) is 19.3 Å². The standard InChI is InChI=1S/C26H32O5/c1-4-5-16-21(27-17-19-12-8-6-9-13-19)22-23(28-18-20-14-10-7-11-15-20)24-25(29-22)31-26(2,3)30-24/h4,6-15,21-25H,1,5,16-18H2,2-3H3/t21-,22+,23+,24+,25+/m0/s1. The van der Waals surface area contributed by atoms with Crippen LogP contribution in [0.4, 0.5) is 0 Å². The van der Waals surface area contributed by atoms with Gasteiger partial charge in [0.1, 0.15) is 18.3 Å². The summed E-state index contributed by atoms with van der Waals surface area (Å²) in [5.41, 5.74) is 2.23. The molecule has 2 aromatic rings. The molecule has 0 unspecified atom stereocenters. The van der Waals surface area contributed by atoms with E-state index in [4.69, 9.17) is 23.7 Å². The summed E-state index contributed by atoms with van der Waals surface area (Å²) in [7, 11) is 0. The maximum absolute atomic E-state index is 6.39. The van der Waals surface area contributed by atoms with Crippen LogP contribution in [0, 0.1) is 0 Å². The van der Waals surface area contributed by atoms with Crippen molar-refractivity contribution in [1.29, 1.82) is 0 Å². The Bertz CT molecular complexity index is 822. The van der Waals surface area contributed by atoms with Crippen LogP contribution in [0.2, 0.25) is 0 Å². The Morgan fingerprint density at radius 1 is 0.968 bits per heavy atom. The molecule has 0 amide bonds. The third-order valence-corrected chi connectivity index (χ3v) is 5.64. The molecule has 5 heteroatoms.